The Bertz CT molecular complexity index is 419. The topological polar surface area (TPSA) is 43.4 Å². The van der Waals surface area contributed by atoms with Crippen LogP contribution in [-0.2, 0) is 20.4 Å². The Morgan fingerprint density at radius 3 is 2.60 bits per heavy atom. The number of rotatable bonds is 5. The number of hydrogen-bond donors (Lipinski definition) is 0. The summed E-state index contributed by atoms with van der Waals surface area (Å²) < 4.78 is 27.3. The number of hydrogen-bond acceptors (Lipinski definition) is 3. The predicted octanol–water partition coefficient (Wildman–Crippen LogP) is 2.53. The summed E-state index contributed by atoms with van der Waals surface area (Å²) in [6.45, 7) is 0.473. The summed E-state index contributed by atoms with van der Waals surface area (Å²) in [4.78, 5) is 0. The Labute approximate surface area is 102 Å². The van der Waals surface area contributed by atoms with Crippen molar-refractivity contribution in [2.75, 3.05) is 12.4 Å². The highest BCUT2D eigenvalue weighted by Crippen LogP contribution is 2.16. The van der Waals surface area contributed by atoms with Crippen molar-refractivity contribution in [2.24, 2.45) is 0 Å². The molecule has 1 rings (SSSR count). The maximum atomic E-state index is 10.6. The largest absolute Gasteiger partial charge is 0.376 e. The first-order valence-corrected chi connectivity index (χ1v) is 7.49. The summed E-state index contributed by atoms with van der Waals surface area (Å²) >= 11 is 3.36. The van der Waals surface area contributed by atoms with Gasteiger partial charge in [0, 0.05) is 15.2 Å². The molecule has 0 aliphatic carbocycles. The van der Waals surface area contributed by atoms with Gasteiger partial charge in [-0.1, -0.05) is 34.1 Å². The summed E-state index contributed by atoms with van der Waals surface area (Å²) in [6, 6.07) is 7.59. The van der Waals surface area contributed by atoms with Gasteiger partial charge in [0.2, 0.25) is 9.05 Å². The van der Waals surface area contributed by atoms with Crippen LogP contribution in [-0.4, -0.2) is 20.8 Å². The van der Waals surface area contributed by atoms with Crippen LogP contribution in [0.15, 0.2) is 28.7 Å². The zero-order valence-corrected chi connectivity index (χ0v) is 11.0. The van der Waals surface area contributed by atoms with Crippen LogP contribution in [0.4, 0.5) is 0 Å². The molecule has 0 bridgehead atoms. The average molecular weight is 314 g/mol. The molecule has 0 aliphatic heterocycles. The summed E-state index contributed by atoms with van der Waals surface area (Å²) in [5.41, 5.74) is 0.976. The lowest BCUT2D eigenvalue weighted by atomic mass is 10.2. The molecule has 1 aromatic rings. The second-order valence-corrected chi connectivity index (χ2v) is 6.64. The highest BCUT2D eigenvalue weighted by molar-refractivity contribution is 9.10. The zero-order valence-electron chi connectivity index (χ0n) is 7.82. The van der Waals surface area contributed by atoms with Crippen LogP contribution in [0.2, 0.25) is 0 Å². The van der Waals surface area contributed by atoms with Gasteiger partial charge in [0.15, 0.2) is 0 Å². The van der Waals surface area contributed by atoms with Crippen molar-refractivity contribution in [1.82, 2.24) is 0 Å². The molecule has 6 heteroatoms. The van der Waals surface area contributed by atoms with Gasteiger partial charge in [0.25, 0.3) is 0 Å². The number of benzene rings is 1. The molecule has 0 aliphatic rings. The molecule has 0 saturated heterocycles. The van der Waals surface area contributed by atoms with E-state index in [0.29, 0.717) is 6.61 Å². The van der Waals surface area contributed by atoms with Gasteiger partial charge in [-0.3, -0.25) is 0 Å². The van der Waals surface area contributed by atoms with Crippen molar-refractivity contribution < 1.29 is 13.2 Å². The van der Waals surface area contributed by atoms with E-state index < -0.39 is 9.05 Å². The summed E-state index contributed by atoms with van der Waals surface area (Å²) in [6.07, 6.45) is 0. The normalized spacial score (nSPS) is 11.6. The summed E-state index contributed by atoms with van der Waals surface area (Å²) in [5, 5.41) is 0. The van der Waals surface area contributed by atoms with Gasteiger partial charge >= 0.3 is 0 Å². The Kier molecular flexibility index (Phi) is 5.05. The standard InChI is InChI=1S/C9H10BrClO3S/c10-9-4-2-1-3-8(9)7-14-5-6-15(11,12)13/h1-4H,5-7H2. The fourth-order valence-electron chi connectivity index (χ4n) is 0.956. The van der Waals surface area contributed by atoms with Crippen molar-refractivity contribution in [3.8, 4) is 0 Å². The van der Waals surface area contributed by atoms with Crippen LogP contribution in [0.3, 0.4) is 0 Å². The molecule has 84 valence electrons. The zero-order chi connectivity index (χ0) is 11.3. The fraction of sp³-hybridized carbons (Fsp3) is 0.333. The number of ether oxygens (including phenoxy) is 1. The van der Waals surface area contributed by atoms with Gasteiger partial charge in [-0.2, -0.15) is 0 Å². The first kappa shape index (κ1) is 13.0. The summed E-state index contributed by atoms with van der Waals surface area (Å²) in [5.74, 6) is -0.168. The van der Waals surface area contributed by atoms with E-state index in [1.165, 1.54) is 0 Å². The third kappa shape index (κ3) is 5.51. The van der Waals surface area contributed by atoms with E-state index in [9.17, 15) is 8.42 Å². The van der Waals surface area contributed by atoms with Crippen LogP contribution in [0.1, 0.15) is 5.56 Å². The van der Waals surface area contributed by atoms with Gasteiger partial charge in [-0.15, -0.1) is 0 Å². The molecule has 0 spiro atoms. The van der Waals surface area contributed by atoms with Crippen LogP contribution in [0, 0.1) is 0 Å². The van der Waals surface area contributed by atoms with Crippen molar-refractivity contribution in [3.63, 3.8) is 0 Å². The van der Waals surface area contributed by atoms with Crippen LogP contribution < -0.4 is 0 Å². The van der Waals surface area contributed by atoms with E-state index >= 15 is 0 Å². The van der Waals surface area contributed by atoms with Crippen LogP contribution >= 0.6 is 26.6 Å². The van der Waals surface area contributed by atoms with Crippen molar-refractivity contribution >= 4 is 35.7 Å². The minimum Gasteiger partial charge on any atom is -0.376 e. The molecular formula is C9H10BrClO3S. The van der Waals surface area contributed by atoms with Gasteiger partial charge in [0.05, 0.1) is 19.0 Å². The van der Waals surface area contributed by atoms with Crippen molar-refractivity contribution in [1.29, 1.82) is 0 Å². The highest BCUT2D eigenvalue weighted by atomic mass is 79.9. The van der Waals surface area contributed by atoms with Crippen molar-refractivity contribution in [2.45, 2.75) is 6.61 Å². The lowest BCUT2D eigenvalue weighted by molar-refractivity contribution is 0.135. The van der Waals surface area contributed by atoms with Crippen molar-refractivity contribution in [3.05, 3.63) is 34.3 Å². The van der Waals surface area contributed by atoms with Gasteiger partial charge < -0.3 is 4.74 Å². The molecule has 0 aromatic heterocycles. The fourth-order valence-corrected chi connectivity index (χ4v) is 1.86. The Balaban J connectivity index is 2.36. The highest BCUT2D eigenvalue weighted by Gasteiger charge is 2.05. The second kappa shape index (κ2) is 5.84. The minimum atomic E-state index is -3.45. The van der Waals surface area contributed by atoms with E-state index in [2.05, 4.69) is 15.9 Å². The monoisotopic (exact) mass is 312 g/mol. The quantitative estimate of drug-likeness (QED) is 0.620. The van der Waals surface area contributed by atoms with Gasteiger partial charge in [-0.25, -0.2) is 8.42 Å². The van der Waals surface area contributed by atoms with Crippen LogP contribution in [0.5, 0.6) is 0 Å². The maximum Gasteiger partial charge on any atom is 0.234 e. The molecule has 0 heterocycles. The second-order valence-electron chi connectivity index (χ2n) is 2.89. The van der Waals surface area contributed by atoms with E-state index in [-0.39, 0.29) is 12.4 Å². The molecule has 0 N–H and O–H groups in total. The first-order chi connectivity index (χ1) is 6.99. The molecule has 15 heavy (non-hydrogen) atoms. The Morgan fingerprint density at radius 2 is 2.00 bits per heavy atom. The smallest absolute Gasteiger partial charge is 0.234 e. The van der Waals surface area contributed by atoms with E-state index in [0.717, 1.165) is 10.0 Å². The molecule has 1 aromatic carbocycles. The van der Waals surface area contributed by atoms with Gasteiger partial charge in [0.1, 0.15) is 0 Å². The van der Waals surface area contributed by atoms with E-state index in [4.69, 9.17) is 15.4 Å². The molecule has 0 atom stereocenters. The molecule has 3 nitrogen and oxygen atoms in total. The van der Waals surface area contributed by atoms with Gasteiger partial charge in [-0.05, 0) is 11.6 Å². The average Bonchev–Trinajstić information content (AvgIpc) is 2.13. The Morgan fingerprint density at radius 1 is 1.33 bits per heavy atom. The molecule has 0 amide bonds. The number of halogens is 2. The van der Waals surface area contributed by atoms with Crippen LogP contribution in [0.25, 0.3) is 0 Å². The SMILES string of the molecule is O=S(=O)(Cl)CCOCc1ccccc1Br. The predicted molar refractivity (Wildman–Crippen MR) is 63.4 cm³/mol. The molecule has 0 radical (unpaired) electrons. The lowest BCUT2D eigenvalue weighted by Gasteiger charge is -2.04. The Hall–Kier alpha value is -0.100. The van der Waals surface area contributed by atoms with E-state index in [1.54, 1.807) is 0 Å². The third-order valence-electron chi connectivity index (χ3n) is 1.69. The maximum absolute atomic E-state index is 10.6. The molecule has 0 saturated carbocycles. The first-order valence-electron chi connectivity index (χ1n) is 4.22. The summed E-state index contributed by atoms with van der Waals surface area (Å²) in [7, 11) is 1.58. The van der Waals surface area contributed by atoms with E-state index in [1.807, 2.05) is 24.3 Å². The molecule has 0 fully saturated rings. The third-order valence-corrected chi connectivity index (χ3v) is 3.58. The molecular weight excluding hydrogens is 304 g/mol. The molecule has 0 unspecified atom stereocenters. The minimum absolute atomic E-state index is 0.104. The lowest BCUT2D eigenvalue weighted by Crippen LogP contribution is -2.06.